The third-order valence-corrected chi connectivity index (χ3v) is 3.90. The zero-order valence-corrected chi connectivity index (χ0v) is 13.0. The molecule has 0 spiro atoms. The number of nitrogens with zero attached hydrogens (tertiary/aromatic N) is 1. The molecule has 1 saturated heterocycles. The molecule has 1 aromatic rings. The number of carbonyl (C=O) groups excluding carboxylic acids is 1. The Bertz CT molecular complexity index is 548. The highest BCUT2D eigenvalue weighted by Gasteiger charge is 2.34. The van der Waals surface area contributed by atoms with Gasteiger partial charge in [-0.15, -0.1) is 0 Å². The van der Waals surface area contributed by atoms with Gasteiger partial charge in [0.25, 0.3) is 0 Å². The summed E-state index contributed by atoms with van der Waals surface area (Å²) in [6.07, 6.45) is -2.44. The average molecular weight is 335 g/mol. The molecule has 22 heavy (non-hydrogen) atoms. The van der Waals surface area contributed by atoms with Gasteiger partial charge in [-0.25, -0.2) is 0 Å². The maximum Gasteiger partial charge on any atom is 0.418 e. The predicted molar refractivity (Wildman–Crippen MR) is 79.9 cm³/mol. The van der Waals surface area contributed by atoms with Crippen LogP contribution in [-0.4, -0.2) is 30.4 Å². The Morgan fingerprint density at radius 3 is 2.82 bits per heavy atom. The number of anilines is 1. The molecule has 3 nitrogen and oxygen atoms in total. The molecule has 1 fully saturated rings. The number of amides is 1. The van der Waals surface area contributed by atoms with Gasteiger partial charge in [0.2, 0.25) is 5.91 Å². The van der Waals surface area contributed by atoms with Gasteiger partial charge in [-0.05, 0) is 43.5 Å². The Kier molecular flexibility index (Phi) is 5.34. The summed E-state index contributed by atoms with van der Waals surface area (Å²) < 4.78 is 38.9. The first-order valence-corrected chi connectivity index (χ1v) is 7.52. The Hall–Kier alpha value is -1.27. The molecule has 1 aliphatic heterocycles. The van der Waals surface area contributed by atoms with Gasteiger partial charge in [0.1, 0.15) is 0 Å². The molecule has 0 bridgehead atoms. The van der Waals surface area contributed by atoms with Crippen molar-refractivity contribution in [3.8, 4) is 0 Å². The number of alkyl halides is 3. The molecule has 0 radical (unpaired) electrons. The number of likely N-dealkylation sites (tertiary alicyclic amines) is 1. The number of rotatable bonds is 3. The van der Waals surface area contributed by atoms with Crippen LogP contribution < -0.4 is 5.32 Å². The van der Waals surface area contributed by atoms with Crippen LogP contribution in [0.15, 0.2) is 18.2 Å². The van der Waals surface area contributed by atoms with Crippen LogP contribution in [0.1, 0.15) is 25.3 Å². The summed E-state index contributed by atoms with van der Waals surface area (Å²) in [6.45, 7) is 3.79. The average Bonchev–Trinajstić information content (AvgIpc) is 2.39. The van der Waals surface area contributed by atoms with Gasteiger partial charge in [-0.2, -0.15) is 13.2 Å². The van der Waals surface area contributed by atoms with Gasteiger partial charge >= 0.3 is 6.18 Å². The van der Waals surface area contributed by atoms with Gasteiger partial charge in [0.05, 0.1) is 17.8 Å². The molecule has 1 atom stereocenters. The van der Waals surface area contributed by atoms with Crippen LogP contribution in [-0.2, 0) is 11.0 Å². The van der Waals surface area contributed by atoms with E-state index in [0.717, 1.165) is 32.0 Å². The molecule has 0 aliphatic carbocycles. The SMILES string of the molecule is CC1CCCN(CC(=O)Nc2ccc(Cl)cc2C(F)(F)F)C1. The highest BCUT2D eigenvalue weighted by atomic mass is 35.5. The molecule has 1 amide bonds. The molecule has 122 valence electrons. The molecule has 1 aromatic carbocycles. The van der Waals surface area contributed by atoms with Crippen LogP contribution in [0.4, 0.5) is 18.9 Å². The van der Waals surface area contributed by atoms with E-state index in [0.29, 0.717) is 5.92 Å². The van der Waals surface area contributed by atoms with E-state index in [1.807, 2.05) is 4.90 Å². The first-order chi connectivity index (χ1) is 10.3. The van der Waals surface area contributed by atoms with E-state index < -0.39 is 17.6 Å². The van der Waals surface area contributed by atoms with Crippen molar-refractivity contribution in [2.75, 3.05) is 25.0 Å². The molecule has 0 aromatic heterocycles. The van der Waals surface area contributed by atoms with E-state index in [1.165, 1.54) is 12.1 Å². The van der Waals surface area contributed by atoms with Crippen LogP contribution in [0.5, 0.6) is 0 Å². The molecule has 0 saturated carbocycles. The summed E-state index contributed by atoms with van der Waals surface area (Å²) in [4.78, 5) is 14.0. The van der Waals surface area contributed by atoms with Gasteiger partial charge in [-0.1, -0.05) is 18.5 Å². The zero-order chi connectivity index (χ0) is 16.3. The Labute approximate surface area is 132 Å². The Balaban J connectivity index is 2.05. The molecule has 1 N–H and O–H groups in total. The fourth-order valence-corrected chi connectivity index (χ4v) is 2.86. The van der Waals surface area contributed by atoms with Gasteiger partial charge < -0.3 is 5.32 Å². The Morgan fingerprint density at radius 2 is 2.18 bits per heavy atom. The van der Waals surface area contributed by atoms with Crippen molar-refractivity contribution in [3.63, 3.8) is 0 Å². The molecule has 7 heteroatoms. The lowest BCUT2D eigenvalue weighted by atomic mass is 10.0. The van der Waals surface area contributed by atoms with Crippen LogP contribution in [0, 0.1) is 5.92 Å². The molecule has 1 heterocycles. The number of carbonyl (C=O) groups is 1. The van der Waals surface area contributed by atoms with Crippen molar-refractivity contribution in [1.29, 1.82) is 0 Å². The number of hydrogen-bond acceptors (Lipinski definition) is 2. The van der Waals surface area contributed by atoms with Crippen LogP contribution in [0.25, 0.3) is 0 Å². The van der Waals surface area contributed by atoms with E-state index in [-0.39, 0.29) is 17.3 Å². The molecule has 2 rings (SSSR count). The second-order valence-electron chi connectivity index (χ2n) is 5.72. The molecule has 1 aliphatic rings. The van der Waals surface area contributed by atoms with Crippen molar-refractivity contribution in [2.24, 2.45) is 5.92 Å². The third kappa shape index (κ3) is 4.61. The summed E-state index contributed by atoms with van der Waals surface area (Å²) in [7, 11) is 0. The highest BCUT2D eigenvalue weighted by Crippen LogP contribution is 2.36. The highest BCUT2D eigenvalue weighted by molar-refractivity contribution is 6.30. The molecular weight excluding hydrogens is 317 g/mol. The van der Waals surface area contributed by atoms with Gasteiger partial charge in [0, 0.05) is 11.6 Å². The second-order valence-corrected chi connectivity index (χ2v) is 6.15. The number of hydrogen-bond donors (Lipinski definition) is 1. The van der Waals surface area contributed by atoms with E-state index in [4.69, 9.17) is 11.6 Å². The minimum Gasteiger partial charge on any atom is -0.324 e. The maximum atomic E-state index is 13.0. The maximum absolute atomic E-state index is 13.0. The lowest BCUT2D eigenvalue weighted by Gasteiger charge is -2.30. The summed E-state index contributed by atoms with van der Waals surface area (Å²) >= 11 is 5.61. The first-order valence-electron chi connectivity index (χ1n) is 7.14. The zero-order valence-electron chi connectivity index (χ0n) is 12.2. The summed E-state index contributed by atoms with van der Waals surface area (Å²) in [5, 5.41) is 2.33. The van der Waals surface area contributed by atoms with E-state index in [9.17, 15) is 18.0 Å². The summed E-state index contributed by atoms with van der Waals surface area (Å²) in [5.74, 6) is 0.0599. The van der Waals surface area contributed by atoms with E-state index >= 15 is 0 Å². The monoisotopic (exact) mass is 334 g/mol. The van der Waals surface area contributed by atoms with Gasteiger partial charge in [0.15, 0.2) is 0 Å². The minimum atomic E-state index is -4.56. The lowest BCUT2D eigenvalue weighted by Crippen LogP contribution is -2.39. The van der Waals surface area contributed by atoms with Crippen LogP contribution >= 0.6 is 11.6 Å². The third-order valence-electron chi connectivity index (χ3n) is 3.67. The van der Waals surface area contributed by atoms with Crippen molar-refractivity contribution in [2.45, 2.75) is 25.9 Å². The largest absolute Gasteiger partial charge is 0.418 e. The fraction of sp³-hybridized carbons (Fsp3) is 0.533. The number of nitrogens with one attached hydrogen (secondary N) is 1. The number of piperidine rings is 1. The van der Waals surface area contributed by atoms with Crippen molar-refractivity contribution in [3.05, 3.63) is 28.8 Å². The van der Waals surface area contributed by atoms with E-state index in [2.05, 4.69) is 12.2 Å². The molecular formula is C15H18ClF3N2O. The summed E-state index contributed by atoms with van der Waals surface area (Å²) in [5.41, 5.74) is -1.19. The van der Waals surface area contributed by atoms with Crippen molar-refractivity contribution >= 4 is 23.2 Å². The lowest BCUT2D eigenvalue weighted by molar-refractivity contribution is -0.137. The number of halogens is 4. The smallest absolute Gasteiger partial charge is 0.324 e. The van der Waals surface area contributed by atoms with Gasteiger partial charge in [-0.3, -0.25) is 9.69 Å². The van der Waals surface area contributed by atoms with E-state index in [1.54, 1.807) is 0 Å². The standard InChI is InChI=1S/C15H18ClF3N2O/c1-10-3-2-6-21(8-10)9-14(22)20-13-5-4-11(16)7-12(13)15(17,18)19/h4-5,7,10H,2-3,6,8-9H2,1H3,(H,20,22). The second kappa shape index (κ2) is 6.87. The Morgan fingerprint density at radius 1 is 1.45 bits per heavy atom. The summed E-state index contributed by atoms with van der Waals surface area (Å²) in [6, 6.07) is 3.33. The first kappa shape index (κ1) is 17.1. The van der Waals surface area contributed by atoms with Crippen LogP contribution in [0.3, 0.4) is 0 Å². The minimum absolute atomic E-state index is 0.0184. The van der Waals surface area contributed by atoms with Crippen molar-refractivity contribution in [1.82, 2.24) is 4.90 Å². The fourth-order valence-electron chi connectivity index (χ4n) is 2.68. The normalized spacial score (nSPS) is 20.0. The molecule has 1 unspecified atom stereocenters. The topological polar surface area (TPSA) is 32.3 Å². The quantitative estimate of drug-likeness (QED) is 0.905. The van der Waals surface area contributed by atoms with Crippen molar-refractivity contribution < 1.29 is 18.0 Å². The van der Waals surface area contributed by atoms with Crippen LogP contribution in [0.2, 0.25) is 5.02 Å². The number of benzene rings is 1. The predicted octanol–water partition coefficient (Wildman–Crippen LogP) is 4.03.